The van der Waals surface area contributed by atoms with Crippen LogP contribution in [-0.2, 0) is 0 Å². The lowest BCUT2D eigenvalue weighted by Gasteiger charge is -2.29. The second-order valence-electron chi connectivity index (χ2n) is 5.05. The number of rotatable bonds is 2. The molecule has 1 saturated heterocycles. The molecule has 1 aliphatic heterocycles. The van der Waals surface area contributed by atoms with Gasteiger partial charge in [0.05, 0.1) is 18.8 Å². The zero-order valence-corrected chi connectivity index (χ0v) is 11.0. The number of imidazole rings is 1. The van der Waals surface area contributed by atoms with Crippen LogP contribution in [0.1, 0.15) is 24.6 Å². The highest BCUT2D eigenvalue weighted by atomic mass is 16.5. The molecular weight excluding hydrogens is 226 g/mol. The van der Waals surface area contributed by atoms with Gasteiger partial charge in [-0.05, 0) is 38.6 Å². The highest BCUT2D eigenvalue weighted by Gasteiger charge is 2.23. The van der Waals surface area contributed by atoms with E-state index >= 15 is 0 Å². The molecule has 0 amide bonds. The Labute approximate surface area is 107 Å². The number of methoxy groups -OCH3 is 1. The van der Waals surface area contributed by atoms with E-state index in [1.807, 2.05) is 18.3 Å². The first-order valence-corrected chi connectivity index (χ1v) is 6.48. The molecule has 0 bridgehead atoms. The van der Waals surface area contributed by atoms with Crippen molar-refractivity contribution in [3.05, 3.63) is 30.2 Å². The molecule has 2 aromatic heterocycles. The van der Waals surface area contributed by atoms with Crippen molar-refractivity contribution in [1.29, 1.82) is 0 Å². The molecule has 18 heavy (non-hydrogen) atoms. The van der Waals surface area contributed by atoms with Crippen molar-refractivity contribution in [2.45, 2.75) is 18.8 Å². The first-order valence-electron chi connectivity index (χ1n) is 6.48. The van der Waals surface area contributed by atoms with Crippen LogP contribution in [0.5, 0.6) is 5.88 Å². The molecule has 0 N–H and O–H groups in total. The van der Waals surface area contributed by atoms with E-state index in [0.717, 1.165) is 23.8 Å². The fraction of sp³-hybridized carbons (Fsp3) is 0.500. The lowest BCUT2D eigenvalue weighted by molar-refractivity contribution is 0.244. The van der Waals surface area contributed by atoms with Crippen LogP contribution in [-0.4, -0.2) is 41.5 Å². The molecule has 3 heterocycles. The summed E-state index contributed by atoms with van der Waals surface area (Å²) in [6.45, 7) is 2.27. The second-order valence-corrected chi connectivity index (χ2v) is 5.05. The summed E-state index contributed by atoms with van der Waals surface area (Å²) in [7, 11) is 3.89. The van der Waals surface area contributed by atoms with E-state index < -0.39 is 0 Å². The van der Waals surface area contributed by atoms with E-state index in [0.29, 0.717) is 5.92 Å². The quantitative estimate of drug-likeness (QED) is 0.812. The van der Waals surface area contributed by atoms with E-state index in [1.165, 1.54) is 19.4 Å². The average molecular weight is 245 g/mol. The van der Waals surface area contributed by atoms with Gasteiger partial charge in [-0.3, -0.25) is 4.40 Å². The first kappa shape index (κ1) is 11.5. The van der Waals surface area contributed by atoms with Gasteiger partial charge in [-0.25, -0.2) is 4.98 Å². The van der Waals surface area contributed by atoms with E-state index in [4.69, 9.17) is 4.74 Å². The molecule has 4 nitrogen and oxygen atoms in total. The molecule has 3 rings (SSSR count). The van der Waals surface area contributed by atoms with Crippen LogP contribution in [0.3, 0.4) is 0 Å². The van der Waals surface area contributed by atoms with Gasteiger partial charge >= 0.3 is 0 Å². The van der Waals surface area contributed by atoms with Gasteiger partial charge in [0.2, 0.25) is 0 Å². The van der Waals surface area contributed by atoms with Crippen LogP contribution in [0.25, 0.3) is 5.52 Å². The second kappa shape index (κ2) is 4.61. The molecule has 0 aromatic carbocycles. The number of fused-ring (bicyclic) bond motifs is 1. The molecule has 1 atom stereocenters. The Morgan fingerprint density at radius 2 is 2.28 bits per heavy atom. The first-order chi connectivity index (χ1) is 8.79. The third-order valence-corrected chi connectivity index (χ3v) is 3.74. The monoisotopic (exact) mass is 245 g/mol. The summed E-state index contributed by atoms with van der Waals surface area (Å²) in [6, 6.07) is 6.07. The predicted molar refractivity (Wildman–Crippen MR) is 71.2 cm³/mol. The molecule has 0 radical (unpaired) electrons. The van der Waals surface area contributed by atoms with E-state index in [2.05, 4.69) is 27.4 Å². The van der Waals surface area contributed by atoms with Gasteiger partial charge in [0.25, 0.3) is 0 Å². The van der Waals surface area contributed by atoms with E-state index in [-0.39, 0.29) is 0 Å². The molecule has 1 fully saturated rings. The molecular formula is C14H19N3O. The van der Waals surface area contributed by atoms with Crippen LogP contribution in [0.15, 0.2) is 24.4 Å². The summed E-state index contributed by atoms with van der Waals surface area (Å²) in [6.07, 6.45) is 4.39. The number of hydrogen-bond acceptors (Lipinski definition) is 3. The summed E-state index contributed by atoms with van der Waals surface area (Å²) in [5, 5.41) is 0. The van der Waals surface area contributed by atoms with Crippen molar-refractivity contribution in [3.63, 3.8) is 0 Å². The number of piperidine rings is 1. The summed E-state index contributed by atoms with van der Waals surface area (Å²) in [5.74, 6) is 2.50. The van der Waals surface area contributed by atoms with Crippen LogP contribution in [0, 0.1) is 0 Å². The third kappa shape index (κ3) is 1.86. The molecule has 1 unspecified atom stereocenters. The molecule has 0 saturated carbocycles. The molecule has 1 aliphatic rings. The van der Waals surface area contributed by atoms with Gasteiger partial charge in [-0.2, -0.15) is 0 Å². The third-order valence-electron chi connectivity index (χ3n) is 3.74. The van der Waals surface area contributed by atoms with Crippen LogP contribution >= 0.6 is 0 Å². The average Bonchev–Trinajstić information content (AvgIpc) is 2.82. The van der Waals surface area contributed by atoms with E-state index in [9.17, 15) is 0 Å². The Kier molecular flexibility index (Phi) is 2.96. The topological polar surface area (TPSA) is 29.8 Å². The SMILES string of the molecule is COc1cccc2cnc(C3CCCN(C)C3)n12. The normalized spacial score (nSPS) is 21.3. The van der Waals surface area contributed by atoms with E-state index in [1.54, 1.807) is 7.11 Å². The summed E-state index contributed by atoms with van der Waals surface area (Å²) >= 11 is 0. The highest BCUT2D eigenvalue weighted by molar-refractivity contribution is 5.49. The van der Waals surface area contributed by atoms with Gasteiger partial charge in [0.15, 0.2) is 5.88 Å². The standard InChI is InChI=1S/C14H19N3O/c1-16-8-4-5-11(10-16)14-15-9-12-6-3-7-13(18-2)17(12)14/h3,6-7,9,11H,4-5,8,10H2,1-2H3. The van der Waals surface area contributed by atoms with Crippen molar-refractivity contribution in [3.8, 4) is 5.88 Å². The number of likely N-dealkylation sites (tertiary alicyclic amines) is 1. The number of nitrogens with zero attached hydrogens (tertiary/aromatic N) is 3. The molecule has 4 heteroatoms. The summed E-state index contributed by atoms with van der Waals surface area (Å²) < 4.78 is 7.60. The van der Waals surface area contributed by atoms with Gasteiger partial charge < -0.3 is 9.64 Å². The minimum atomic E-state index is 0.502. The van der Waals surface area contributed by atoms with Gasteiger partial charge in [0, 0.05) is 12.5 Å². The van der Waals surface area contributed by atoms with Gasteiger partial charge in [-0.15, -0.1) is 0 Å². The Bertz CT molecular complexity index is 549. The maximum Gasteiger partial charge on any atom is 0.199 e. The minimum Gasteiger partial charge on any atom is -0.482 e. The maximum atomic E-state index is 5.45. The van der Waals surface area contributed by atoms with Crippen molar-refractivity contribution in [2.24, 2.45) is 0 Å². The minimum absolute atomic E-state index is 0.502. The fourth-order valence-corrected chi connectivity index (χ4v) is 2.87. The Balaban J connectivity index is 2.06. The van der Waals surface area contributed by atoms with Crippen LogP contribution < -0.4 is 4.74 Å². The maximum absolute atomic E-state index is 5.45. The number of pyridine rings is 1. The number of aromatic nitrogens is 2. The van der Waals surface area contributed by atoms with Gasteiger partial charge in [0.1, 0.15) is 5.82 Å². The predicted octanol–water partition coefficient (Wildman–Crippen LogP) is 2.15. The number of likely N-dealkylation sites (N-methyl/N-ethyl adjacent to an activating group) is 1. The van der Waals surface area contributed by atoms with Crippen LogP contribution in [0.4, 0.5) is 0 Å². The van der Waals surface area contributed by atoms with Crippen LogP contribution in [0.2, 0.25) is 0 Å². The molecule has 0 spiro atoms. The molecule has 96 valence electrons. The molecule has 0 aliphatic carbocycles. The summed E-state index contributed by atoms with van der Waals surface area (Å²) in [5.41, 5.74) is 1.11. The zero-order chi connectivity index (χ0) is 12.5. The van der Waals surface area contributed by atoms with Crippen molar-refractivity contribution < 1.29 is 4.74 Å². The Hall–Kier alpha value is -1.55. The Morgan fingerprint density at radius 3 is 3.06 bits per heavy atom. The highest BCUT2D eigenvalue weighted by Crippen LogP contribution is 2.28. The van der Waals surface area contributed by atoms with Gasteiger partial charge in [-0.1, -0.05) is 6.07 Å². The lowest BCUT2D eigenvalue weighted by Crippen LogP contribution is -2.31. The van der Waals surface area contributed by atoms with Crippen molar-refractivity contribution >= 4 is 5.52 Å². The fourth-order valence-electron chi connectivity index (χ4n) is 2.87. The zero-order valence-electron chi connectivity index (χ0n) is 11.0. The number of hydrogen-bond donors (Lipinski definition) is 0. The molecule has 2 aromatic rings. The van der Waals surface area contributed by atoms with Crippen molar-refractivity contribution in [2.75, 3.05) is 27.2 Å². The lowest BCUT2D eigenvalue weighted by atomic mass is 9.98. The summed E-state index contributed by atoms with van der Waals surface area (Å²) in [4.78, 5) is 7.00. The van der Waals surface area contributed by atoms with Crippen molar-refractivity contribution in [1.82, 2.24) is 14.3 Å². The Morgan fingerprint density at radius 1 is 1.39 bits per heavy atom. The largest absolute Gasteiger partial charge is 0.482 e. The number of ether oxygens (including phenoxy) is 1. The smallest absolute Gasteiger partial charge is 0.199 e.